The molecule has 0 aliphatic carbocycles. The van der Waals surface area contributed by atoms with Crippen molar-refractivity contribution in [2.24, 2.45) is 7.05 Å². The summed E-state index contributed by atoms with van der Waals surface area (Å²) in [5, 5.41) is 28.1. The minimum absolute atomic E-state index is 0.0999. The number of nitrogens with zero attached hydrogens (tertiary/aromatic N) is 4. The van der Waals surface area contributed by atoms with Crippen LogP contribution in [0.4, 0.5) is 11.5 Å². The average Bonchev–Trinajstić information content (AvgIpc) is 3.25. The van der Waals surface area contributed by atoms with Gasteiger partial charge in [-0.1, -0.05) is 19.9 Å². The summed E-state index contributed by atoms with van der Waals surface area (Å²) in [4.78, 5) is 19.2. The van der Waals surface area contributed by atoms with E-state index in [2.05, 4.69) is 15.4 Å². The third kappa shape index (κ3) is 3.49. The highest BCUT2D eigenvalue weighted by atomic mass is 16.3. The van der Waals surface area contributed by atoms with Gasteiger partial charge in [-0.15, -0.1) is 0 Å². The van der Waals surface area contributed by atoms with Crippen molar-refractivity contribution in [3.8, 4) is 11.5 Å². The van der Waals surface area contributed by atoms with E-state index >= 15 is 0 Å². The van der Waals surface area contributed by atoms with E-state index in [1.54, 1.807) is 22.8 Å². The number of rotatable bonds is 4. The number of aromatic nitrogens is 3. The molecule has 3 N–H and O–H groups in total. The summed E-state index contributed by atoms with van der Waals surface area (Å²) in [5.74, 6) is 0.131. The molecule has 8 nitrogen and oxygen atoms in total. The van der Waals surface area contributed by atoms with Crippen LogP contribution in [0, 0.1) is 0 Å². The Morgan fingerprint density at radius 1 is 1.21 bits per heavy atom. The second-order valence-electron chi connectivity index (χ2n) is 7.52. The topological polar surface area (TPSA) is 104 Å². The zero-order chi connectivity index (χ0) is 20.7. The van der Waals surface area contributed by atoms with Crippen LogP contribution >= 0.6 is 0 Å². The fourth-order valence-electron chi connectivity index (χ4n) is 3.46. The maximum Gasteiger partial charge on any atom is 0.260 e. The molecule has 0 spiro atoms. The van der Waals surface area contributed by atoms with Gasteiger partial charge in [0.15, 0.2) is 0 Å². The summed E-state index contributed by atoms with van der Waals surface area (Å²) in [6, 6.07) is 8.26. The predicted octanol–water partition coefficient (Wildman–Crippen LogP) is 3.25. The van der Waals surface area contributed by atoms with Crippen LogP contribution in [0.5, 0.6) is 11.5 Å². The van der Waals surface area contributed by atoms with Crippen molar-refractivity contribution in [3.63, 3.8) is 0 Å². The van der Waals surface area contributed by atoms with Gasteiger partial charge in [-0.3, -0.25) is 14.5 Å². The quantitative estimate of drug-likeness (QED) is 0.629. The molecular weight excluding hydrogens is 370 g/mol. The molecule has 0 fully saturated rings. The van der Waals surface area contributed by atoms with Gasteiger partial charge in [0, 0.05) is 38.0 Å². The van der Waals surface area contributed by atoms with E-state index in [9.17, 15) is 15.0 Å². The standard InChI is InChI=1S/C21H23N5O3/c1-12(2)15-9-19(25(3)24-15)23-16-7-14(27)8-18(28)20(16)21(29)26-10-13-5-4-6-22-17(13)11-26/h4-9,12,23,27-28H,10-11H2,1-3H3. The number of anilines is 2. The lowest BCUT2D eigenvalue weighted by Gasteiger charge is -2.19. The Morgan fingerprint density at radius 3 is 2.69 bits per heavy atom. The number of benzene rings is 1. The number of nitrogens with one attached hydrogen (secondary N) is 1. The molecule has 3 aromatic rings. The largest absolute Gasteiger partial charge is 0.508 e. The molecule has 1 aliphatic rings. The van der Waals surface area contributed by atoms with Gasteiger partial charge in [0.1, 0.15) is 22.9 Å². The molecule has 0 saturated heterocycles. The number of fused-ring (bicyclic) bond motifs is 1. The second kappa shape index (κ2) is 7.12. The van der Waals surface area contributed by atoms with Crippen molar-refractivity contribution in [1.29, 1.82) is 0 Å². The zero-order valence-corrected chi connectivity index (χ0v) is 16.5. The van der Waals surface area contributed by atoms with E-state index in [0.29, 0.717) is 24.6 Å². The number of hydrogen-bond donors (Lipinski definition) is 3. The van der Waals surface area contributed by atoms with Crippen molar-refractivity contribution in [3.05, 3.63) is 59.0 Å². The molecule has 3 heterocycles. The van der Waals surface area contributed by atoms with Gasteiger partial charge in [-0.05, 0) is 17.5 Å². The smallest absolute Gasteiger partial charge is 0.260 e. The van der Waals surface area contributed by atoms with E-state index in [-0.39, 0.29) is 28.9 Å². The van der Waals surface area contributed by atoms with Crippen molar-refractivity contribution in [2.45, 2.75) is 32.9 Å². The van der Waals surface area contributed by atoms with Crippen molar-refractivity contribution in [2.75, 3.05) is 5.32 Å². The van der Waals surface area contributed by atoms with E-state index in [1.807, 2.05) is 32.0 Å². The molecule has 8 heteroatoms. The first-order valence-corrected chi connectivity index (χ1v) is 9.42. The molecule has 4 rings (SSSR count). The minimum Gasteiger partial charge on any atom is -0.508 e. The molecule has 0 radical (unpaired) electrons. The third-order valence-corrected chi connectivity index (χ3v) is 5.04. The summed E-state index contributed by atoms with van der Waals surface area (Å²) in [6.07, 6.45) is 1.70. The molecular formula is C21H23N5O3. The Balaban J connectivity index is 1.68. The van der Waals surface area contributed by atoms with Gasteiger partial charge in [0.05, 0.1) is 23.6 Å². The minimum atomic E-state index is -0.339. The van der Waals surface area contributed by atoms with Crippen LogP contribution in [-0.2, 0) is 20.1 Å². The van der Waals surface area contributed by atoms with E-state index in [4.69, 9.17) is 0 Å². The number of phenols is 2. The zero-order valence-electron chi connectivity index (χ0n) is 16.5. The van der Waals surface area contributed by atoms with Gasteiger partial charge in [-0.25, -0.2) is 0 Å². The number of aromatic hydroxyl groups is 2. The van der Waals surface area contributed by atoms with Crippen LogP contribution in [0.25, 0.3) is 0 Å². The number of aryl methyl sites for hydroxylation is 1. The summed E-state index contributed by atoms with van der Waals surface area (Å²) in [5.41, 5.74) is 3.15. The Kier molecular flexibility index (Phi) is 4.62. The maximum atomic E-state index is 13.3. The fraction of sp³-hybridized carbons (Fsp3) is 0.286. The molecule has 0 bridgehead atoms. The molecule has 29 heavy (non-hydrogen) atoms. The highest BCUT2D eigenvalue weighted by Gasteiger charge is 2.29. The number of hydrogen-bond acceptors (Lipinski definition) is 6. The van der Waals surface area contributed by atoms with Crippen molar-refractivity contribution in [1.82, 2.24) is 19.7 Å². The van der Waals surface area contributed by atoms with Crippen LogP contribution in [0.2, 0.25) is 0 Å². The van der Waals surface area contributed by atoms with Crippen molar-refractivity contribution >= 4 is 17.4 Å². The molecule has 0 unspecified atom stereocenters. The highest BCUT2D eigenvalue weighted by molar-refractivity contribution is 6.03. The molecule has 1 aromatic carbocycles. The third-order valence-electron chi connectivity index (χ3n) is 5.04. The first-order chi connectivity index (χ1) is 13.8. The SMILES string of the molecule is CC(C)c1cc(Nc2cc(O)cc(O)c2C(=O)N2Cc3cccnc3C2)n(C)n1. The first kappa shape index (κ1) is 18.8. The van der Waals surface area contributed by atoms with Gasteiger partial charge in [0.2, 0.25) is 0 Å². The molecule has 2 aromatic heterocycles. The molecule has 1 amide bonds. The van der Waals surface area contributed by atoms with Gasteiger partial charge >= 0.3 is 0 Å². The molecule has 0 saturated carbocycles. The number of amides is 1. The Labute approximate surface area is 168 Å². The van der Waals surface area contributed by atoms with Crippen LogP contribution in [0.3, 0.4) is 0 Å². The van der Waals surface area contributed by atoms with E-state index in [0.717, 1.165) is 17.0 Å². The Hall–Kier alpha value is -3.55. The highest BCUT2D eigenvalue weighted by Crippen LogP contribution is 2.36. The monoisotopic (exact) mass is 393 g/mol. The Morgan fingerprint density at radius 2 is 2.00 bits per heavy atom. The molecule has 0 atom stereocenters. The van der Waals surface area contributed by atoms with Crippen LogP contribution in [-0.4, -0.2) is 35.8 Å². The lowest BCUT2D eigenvalue weighted by Crippen LogP contribution is -2.26. The number of pyridine rings is 1. The van der Waals surface area contributed by atoms with Gasteiger partial charge < -0.3 is 20.4 Å². The lowest BCUT2D eigenvalue weighted by molar-refractivity contribution is 0.0748. The number of carbonyl (C=O) groups is 1. The number of phenolic OH excluding ortho intramolecular Hbond substituents is 2. The Bertz CT molecular complexity index is 1060. The maximum absolute atomic E-state index is 13.3. The van der Waals surface area contributed by atoms with Crippen LogP contribution in [0.1, 0.15) is 47.1 Å². The lowest BCUT2D eigenvalue weighted by atomic mass is 10.1. The fourth-order valence-corrected chi connectivity index (χ4v) is 3.46. The van der Waals surface area contributed by atoms with Crippen LogP contribution in [0.15, 0.2) is 36.5 Å². The van der Waals surface area contributed by atoms with Gasteiger partial charge in [-0.2, -0.15) is 5.10 Å². The summed E-state index contributed by atoms with van der Waals surface area (Å²) < 4.78 is 1.67. The average molecular weight is 393 g/mol. The van der Waals surface area contributed by atoms with E-state index in [1.165, 1.54) is 12.1 Å². The summed E-state index contributed by atoms with van der Waals surface area (Å²) in [6.45, 7) is 4.88. The molecule has 150 valence electrons. The predicted molar refractivity (Wildman–Crippen MR) is 108 cm³/mol. The van der Waals surface area contributed by atoms with Crippen molar-refractivity contribution < 1.29 is 15.0 Å². The van der Waals surface area contributed by atoms with Gasteiger partial charge in [0.25, 0.3) is 5.91 Å². The summed E-state index contributed by atoms with van der Waals surface area (Å²) >= 11 is 0. The second-order valence-corrected chi connectivity index (χ2v) is 7.52. The summed E-state index contributed by atoms with van der Waals surface area (Å²) in [7, 11) is 1.79. The van der Waals surface area contributed by atoms with Crippen LogP contribution < -0.4 is 5.32 Å². The first-order valence-electron chi connectivity index (χ1n) is 9.42. The molecule has 1 aliphatic heterocycles. The normalized spacial score (nSPS) is 13.0. The van der Waals surface area contributed by atoms with E-state index < -0.39 is 0 Å². The number of carbonyl (C=O) groups excluding carboxylic acids is 1.